The number of unbranched alkanes of at least 4 members (excludes halogenated alkanes) is 1. The fraction of sp³-hybridized carbons (Fsp3) is 0.615. The Morgan fingerprint density at radius 1 is 1.44 bits per heavy atom. The fourth-order valence-corrected chi connectivity index (χ4v) is 1.74. The Morgan fingerprint density at radius 3 is 2.78 bits per heavy atom. The van der Waals surface area contributed by atoms with Gasteiger partial charge in [0.1, 0.15) is 0 Å². The number of nitrogens with one attached hydrogen (secondary N) is 1. The van der Waals surface area contributed by atoms with Crippen molar-refractivity contribution < 1.29 is 4.79 Å². The maximum atomic E-state index is 12.1. The summed E-state index contributed by atoms with van der Waals surface area (Å²) in [6.45, 7) is 6.18. The smallest absolute Gasteiger partial charge is 0.253 e. The molecule has 0 bridgehead atoms. The first kappa shape index (κ1) is 14.6. The molecule has 0 aliphatic heterocycles. The van der Waals surface area contributed by atoms with Gasteiger partial charge in [0.2, 0.25) is 0 Å². The van der Waals surface area contributed by atoms with Crippen molar-refractivity contribution in [3.8, 4) is 0 Å². The molecule has 0 saturated carbocycles. The molecule has 3 N–H and O–H groups in total. The van der Waals surface area contributed by atoms with Crippen molar-refractivity contribution in [3.05, 3.63) is 23.0 Å². The van der Waals surface area contributed by atoms with Crippen LogP contribution in [0.25, 0.3) is 0 Å². The van der Waals surface area contributed by atoms with Crippen LogP contribution >= 0.6 is 0 Å². The molecule has 18 heavy (non-hydrogen) atoms. The predicted octanol–water partition coefficient (Wildman–Crippen LogP) is 1.34. The zero-order valence-electron chi connectivity index (χ0n) is 11.4. The van der Waals surface area contributed by atoms with Crippen LogP contribution in [0, 0.1) is 13.8 Å². The minimum absolute atomic E-state index is 0.0327. The quantitative estimate of drug-likeness (QED) is 0.798. The second-order valence-corrected chi connectivity index (χ2v) is 4.53. The molecule has 1 amide bonds. The van der Waals surface area contributed by atoms with Gasteiger partial charge >= 0.3 is 0 Å². The second kappa shape index (κ2) is 7.06. The molecule has 100 valence electrons. The first-order chi connectivity index (χ1) is 8.58. The summed E-state index contributed by atoms with van der Waals surface area (Å²) in [5.41, 5.74) is 7.63. The van der Waals surface area contributed by atoms with Gasteiger partial charge in [-0.15, -0.1) is 0 Å². The Bertz CT molecular complexity index is 406. The van der Waals surface area contributed by atoms with Crippen LogP contribution in [0.5, 0.6) is 0 Å². The number of nitrogens with zero attached hydrogens (tertiary/aromatic N) is 2. The van der Waals surface area contributed by atoms with Gasteiger partial charge < -0.3 is 11.1 Å². The molecule has 0 saturated heterocycles. The molecular formula is C13H22N4O. The van der Waals surface area contributed by atoms with Gasteiger partial charge in [-0.05, 0) is 26.3 Å². The Hall–Kier alpha value is -1.49. The van der Waals surface area contributed by atoms with Crippen LogP contribution < -0.4 is 11.1 Å². The molecule has 0 aromatic carbocycles. The first-order valence-corrected chi connectivity index (χ1v) is 6.40. The number of aromatic nitrogens is 2. The Morgan fingerprint density at radius 2 is 2.17 bits per heavy atom. The van der Waals surface area contributed by atoms with Crippen LogP contribution in [0.4, 0.5) is 0 Å². The maximum absolute atomic E-state index is 12.1. The van der Waals surface area contributed by atoms with Gasteiger partial charge in [0, 0.05) is 12.6 Å². The molecule has 0 spiro atoms. The van der Waals surface area contributed by atoms with Gasteiger partial charge in [0.15, 0.2) is 0 Å². The van der Waals surface area contributed by atoms with Crippen molar-refractivity contribution in [1.82, 2.24) is 15.5 Å². The van der Waals surface area contributed by atoms with E-state index < -0.39 is 0 Å². The Kier molecular flexibility index (Phi) is 5.71. The minimum Gasteiger partial charge on any atom is -0.348 e. The lowest BCUT2D eigenvalue weighted by molar-refractivity contribution is 0.0934. The highest BCUT2D eigenvalue weighted by Gasteiger charge is 2.15. The third kappa shape index (κ3) is 4.07. The molecule has 0 radical (unpaired) electrons. The highest BCUT2D eigenvalue weighted by Crippen LogP contribution is 2.07. The van der Waals surface area contributed by atoms with Crippen LogP contribution in [-0.4, -0.2) is 28.7 Å². The summed E-state index contributed by atoms with van der Waals surface area (Å²) in [4.78, 5) is 12.1. The van der Waals surface area contributed by atoms with Gasteiger partial charge in [-0.25, -0.2) is 0 Å². The molecular weight excluding hydrogens is 228 g/mol. The minimum atomic E-state index is -0.114. The van der Waals surface area contributed by atoms with E-state index in [0.29, 0.717) is 17.8 Å². The lowest BCUT2D eigenvalue weighted by Crippen LogP contribution is -2.40. The van der Waals surface area contributed by atoms with Gasteiger partial charge in [0.05, 0.1) is 17.0 Å². The molecule has 1 aromatic rings. The molecule has 1 atom stereocenters. The monoisotopic (exact) mass is 250 g/mol. The summed E-state index contributed by atoms with van der Waals surface area (Å²) in [5, 5.41) is 10.8. The number of carbonyl (C=O) groups excluding carboxylic acids is 1. The molecule has 1 heterocycles. The van der Waals surface area contributed by atoms with E-state index in [1.807, 2.05) is 6.92 Å². The van der Waals surface area contributed by atoms with E-state index in [0.717, 1.165) is 25.0 Å². The molecule has 0 aliphatic carbocycles. The number of hydrogen-bond acceptors (Lipinski definition) is 4. The van der Waals surface area contributed by atoms with Gasteiger partial charge in [0.25, 0.3) is 5.91 Å². The van der Waals surface area contributed by atoms with Crippen molar-refractivity contribution in [2.75, 3.05) is 6.54 Å². The van der Waals surface area contributed by atoms with Crippen LogP contribution in [0.15, 0.2) is 6.07 Å². The van der Waals surface area contributed by atoms with Crippen molar-refractivity contribution in [3.63, 3.8) is 0 Å². The van der Waals surface area contributed by atoms with Crippen molar-refractivity contribution in [2.24, 2.45) is 5.73 Å². The van der Waals surface area contributed by atoms with E-state index in [-0.39, 0.29) is 11.9 Å². The summed E-state index contributed by atoms with van der Waals surface area (Å²) >= 11 is 0. The predicted molar refractivity (Wildman–Crippen MR) is 71.3 cm³/mol. The number of rotatable bonds is 6. The summed E-state index contributed by atoms with van der Waals surface area (Å²) in [5.74, 6) is -0.114. The number of aryl methyl sites for hydroxylation is 2. The lowest BCUT2D eigenvalue weighted by Gasteiger charge is -2.17. The van der Waals surface area contributed by atoms with E-state index in [9.17, 15) is 4.79 Å². The fourth-order valence-electron chi connectivity index (χ4n) is 1.74. The maximum Gasteiger partial charge on any atom is 0.253 e. The highest BCUT2D eigenvalue weighted by molar-refractivity contribution is 5.95. The molecule has 5 heteroatoms. The van der Waals surface area contributed by atoms with E-state index in [1.54, 1.807) is 13.0 Å². The Balaban J connectivity index is 2.71. The van der Waals surface area contributed by atoms with E-state index in [2.05, 4.69) is 22.4 Å². The molecule has 0 fully saturated rings. The van der Waals surface area contributed by atoms with Crippen LogP contribution in [0.1, 0.15) is 47.9 Å². The van der Waals surface area contributed by atoms with E-state index in [1.165, 1.54) is 0 Å². The first-order valence-electron chi connectivity index (χ1n) is 6.40. The third-order valence-corrected chi connectivity index (χ3v) is 2.87. The van der Waals surface area contributed by atoms with Crippen LogP contribution in [-0.2, 0) is 0 Å². The van der Waals surface area contributed by atoms with Crippen LogP contribution in [0.3, 0.4) is 0 Å². The normalized spacial score (nSPS) is 12.2. The zero-order valence-corrected chi connectivity index (χ0v) is 11.4. The van der Waals surface area contributed by atoms with Gasteiger partial charge in [-0.2, -0.15) is 10.2 Å². The lowest BCUT2D eigenvalue weighted by atomic mass is 10.1. The van der Waals surface area contributed by atoms with Crippen LogP contribution in [0.2, 0.25) is 0 Å². The van der Waals surface area contributed by atoms with Gasteiger partial charge in [-0.3, -0.25) is 4.79 Å². The van der Waals surface area contributed by atoms with E-state index in [4.69, 9.17) is 5.73 Å². The standard InChI is InChI=1S/C13H22N4O/c1-4-5-6-11(8-14)15-13(18)12-7-9(2)16-17-10(12)3/h7,11H,4-6,8,14H2,1-3H3,(H,15,18). The average molecular weight is 250 g/mol. The highest BCUT2D eigenvalue weighted by atomic mass is 16.1. The molecule has 5 nitrogen and oxygen atoms in total. The number of amides is 1. The molecule has 1 unspecified atom stereocenters. The van der Waals surface area contributed by atoms with Crippen molar-refractivity contribution >= 4 is 5.91 Å². The van der Waals surface area contributed by atoms with Crippen molar-refractivity contribution in [2.45, 2.75) is 46.1 Å². The largest absolute Gasteiger partial charge is 0.348 e. The zero-order chi connectivity index (χ0) is 13.5. The third-order valence-electron chi connectivity index (χ3n) is 2.87. The number of nitrogens with two attached hydrogens (primary N) is 1. The SMILES string of the molecule is CCCCC(CN)NC(=O)c1cc(C)nnc1C. The van der Waals surface area contributed by atoms with Gasteiger partial charge in [-0.1, -0.05) is 19.8 Å². The van der Waals surface area contributed by atoms with E-state index >= 15 is 0 Å². The summed E-state index contributed by atoms with van der Waals surface area (Å²) in [6, 6.07) is 1.79. The molecule has 1 aromatic heterocycles. The van der Waals surface area contributed by atoms with Crippen molar-refractivity contribution in [1.29, 1.82) is 0 Å². The summed E-state index contributed by atoms with van der Waals surface area (Å²) in [6.07, 6.45) is 3.07. The topological polar surface area (TPSA) is 80.9 Å². The number of carbonyl (C=O) groups is 1. The molecule has 0 aliphatic rings. The second-order valence-electron chi connectivity index (χ2n) is 4.53. The Labute approximate surface area is 108 Å². The molecule has 1 rings (SSSR count). The average Bonchev–Trinajstić information content (AvgIpc) is 2.37. The number of hydrogen-bond donors (Lipinski definition) is 2. The summed E-state index contributed by atoms with van der Waals surface area (Å²) < 4.78 is 0. The summed E-state index contributed by atoms with van der Waals surface area (Å²) in [7, 11) is 0.